The van der Waals surface area contributed by atoms with Gasteiger partial charge in [0.25, 0.3) is 22.0 Å². The summed E-state index contributed by atoms with van der Waals surface area (Å²) in [6.07, 6.45) is 5.72. The van der Waals surface area contributed by atoms with Crippen molar-refractivity contribution < 1.29 is 35.9 Å². The first kappa shape index (κ1) is 37.7. The second kappa shape index (κ2) is 15.1. The summed E-state index contributed by atoms with van der Waals surface area (Å²) in [5.74, 6) is -3.01. The summed E-state index contributed by atoms with van der Waals surface area (Å²) >= 11 is 0. The fraction of sp³-hybridized carbons (Fsp3) is 0.686. The maximum atomic E-state index is 14.5. The largest absolute Gasteiger partial charge is 0.451 e. The second-order valence-electron chi connectivity index (χ2n) is 14.8. The van der Waals surface area contributed by atoms with E-state index in [0.717, 1.165) is 64.5 Å². The highest BCUT2D eigenvalue weighted by molar-refractivity contribution is 7.87. The fourth-order valence-corrected chi connectivity index (χ4v) is 9.34. The van der Waals surface area contributed by atoms with Crippen LogP contribution in [0, 0.1) is 11.2 Å². The Hall–Kier alpha value is -3.05. The van der Waals surface area contributed by atoms with Gasteiger partial charge in [0, 0.05) is 69.1 Å². The number of halogens is 3. The number of nitrogens with zero attached hydrogens (tertiary/aromatic N) is 6. The molecule has 16 heteroatoms. The van der Waals surface area contributed by atoms with Crippen molar-refractivity contribution in [2.75, 3.05) is 57.3 Å². The average Bonchev–Trinajstić information content (AvgIpc) is 3.05. The Balaban J connectivity index is 1.02. The van der Waals surface area contributed by atoms with Crippen molar-refractivity contribution in [2.24, 2.45) is 5.41 Å². The molecule has 4 aliphatic rings. The van der Waals surface area contributed by atoms with Crippen molar-refractivity contribution in [3.8, 4) is 11.5 Å². The fourth-order valence-electron chi connectivity index (χ4n) is 7.90. The Morgan fingerprint density at radius 3 is 2.43 bits per heavy atom. The summed E-state index contributed by atoms with van der Waals surface area (Å²) in [5, 5.41) is 0. The standard InChI is InChI=1S/C35H50F3N7O5S/c1-5-44(6-2)51(47,48)41-26-8-9-28(49-20-26)19-42-13-11-34(12-14-42)21-43(22-34)32-31(18-39-23-40-32)50-30-10-7-25(36)15-29(30)33(46)45(24(3)4)27-16-35(37,38)17-27/h7,10,15,18,23-24,26-28,41H,5-6,8-9,11-14,16-17,19-22H2,1-4H3/t26-,28+/m1/s1. The molecular weight excluding hydrogens is 687 g/mol. The molecule has 4 fully saturated rings. The van der Waals surface area contributed by atoms with Gasteiger partial charge in [0.1, 0.15) is 17.9 Å². The second-order valence-corrected chi connectivity index (χ2v) is 16.5. The normalized spacial score (nSPS) is 23.7. The zero-order valence-electron chi connectivity index (χ0n) is 29.9. The molecule has 51 heavy (non-hydrogen) atoms. The minimum Gasteiger partial charge on any atom is -0.451 e. The van der Waals surface area contributed by atoms with Crippen molar-refractivity contribution in [1.82, 2.24) is 28.8 Å². The van der Waals surface area contributed by atoms with E-state index in [2.05, 4.69) is 24.5 Å². The van der Waals surface area contributed by atoms with Gasteiger partial charge in [-0.15, -0.1) is 0 Å². The molecule has 4 heterocycles. The van der Waals surface area contributed by atoms with Gasteiger partial charge in [-0.2, -0.15) is 17.4 Å². The molecule has 3 aliphatic heterocycles. The monoisotopic (exact) mass is 737 g/mol. The third-order valence-electron chi connectivity index (χ3n) is 10.8. The van der Waals surface area contributed by atoms with E-state index in [-0.39, 0.29) is 34.9 Å². The van der Waals surface area contributed by atoms with Crippen LogP contribution in [0.4, 0.5) is 19.0 Å². The lowest BCUT2D eigenvalue weighted by molar-refractivity contribution is -0.120. The predicted molar refractivity (Wildman–Crippen MR) is 186 cm³/mol. The van der Waals surface area contributed by atoms with Gasteiger partial charge in [0.2, 0.25) is 0 Å². The summed E-state index contributed by atoms with van der Waals surface area (Å²) in [5.41, 5.74) is 0.0825. The maximum Gasteiger partial charge on any atom is 0.279 e. The Kier molecular flexibility index (Phi) is 11.2. The van der Waals surface area contributed by atoms with E-state index in [1.54, 1.807) is 13.8 Å². The van der Waals surface area contributed by atoms with Crippen molar-refractivity contribution >= 4 is 21.9 Å². The molecule has 0 unspecified atom stereocenters. The summed E-state index contributed by atoms with van der Waals surface area (Å²) in [6, 6.07) is 2.43. The van der Waals surface area contributed by atoms with Crippen molar-refractivity contribution in [2.45, 2.75) is 96.4 Å². The molecule has 1 aliphatic carbocycles. The molecule has 3 saturated heterocycles. The molecule has 1 spiro atoms. The number of amides is 1. The Morgan fingerprint density at radius 2 is 1.82 bits per heavy atom. The number of aromatic nitrogens is 2. The Bertz CT molecular complexity index is 1630. The van der Waals surface area contributed by atoms with Gasteiger partial charge in [0.15, 0.2) is 11.6 Å². The highest BCUT2D eigenvalue weighted by Crippen LogP contribution is 2.46. The van der Waals surface area contributed by atoms with Gasteiger partial charge in [-0.25, -0.2) is 23.1 Å². The number of piperidine rings is 1. The molecule has 1 aromatic heterocycles. The van der Waals surface area contributed by atoms with Crippen LogP contribution in [0.2, 0.25) is 0 Å². The minimum absolute atomic E-state index is 0.0421. The molecule has 2 atom stereocenters. The van der Waals surface area contributed by atoms with Gasteiger partial charge < -0.3 is 24.2 Å². The van der Waals surface area contributed by atoms with E-state index in [9.17, 15) is 26.4 Å². The number of nitrogens with one attached hydrogen (secondary N) is 1. The molecule has 6 rings (SSSR count). The molecule has 1 N–H and O–H groups in total. The van der Waals surface area contributed by atoms with E-state index in [4.69, 9.17) is 9.47 Å². The quantitative estimate of drug-likeness (QED) is 0.313. The predicted octanol–water partition coefficient (Wildman–Crippen LogP) is 4.68. The van der Waals surface area contributed by atoms with E-state index < -0.39 is 46.7 Å². The van der Waals surface area contributed by atoms with Crippen molar-refractivity contribution in [1.29, 1.82) is 0 Å². The van der Waals surface area contributed by atoms with Crippen LogP contribution in [0.1, 0.15) is 76.6 Å². The smallest absolute Gasteiger partial charge is 0.279 e. The molecule has 12 nitrogen and oxygen atoms in total. The molecule has 1 saturated carbocycles. The van der Waals surface area contributed by atoms with Crippen LogP contribution >= 0.6 is 0 Å². The lowest BCUT2D eigenvalue weighted by atomic mass is 9.72. The average molecular weight is 738 g/mol. The highest BCUT2D eigenvalue weighted by atomic mass is 32.2. The van der Waals surface area contributed by atoms with E-state index in [1.807, 2.05) is 13.8 Å². The maximum absolute atomic E-state index is 14.5. The molecular formula is C35H50F3N7O5S. The molecule has 282 valence electrons. The molecule has 1 amide bonds. The zero-order chi connectivity index (χ0) is 36.6. The number of rotatable bonds is 13. The summed E-state index contributed by atoms with van der Waals surface area (Å²) in [4.78, 5) is 28.3. The van der Waals surface area contributed by atoms with Crippen LogP contribution in [-0.2, 0) is 14.9 Å². The highest BCUT2D eigenvalue weighted by Gasteiger charge is 2.50. The number of carbonyl (C=O) groups excluding carboxylic acids is 1. The van der Waals surface area contributed by atoms with Gasteiger partial charge >= 0.3 is 0 Å². The third-order valence-corrected chi connectivity index (χ3v) is 12.6. The van der Waals surface area contributed by atoms with Gasteiger partial charge in [-0.05, 0) is 70.8 Å². The molecule has 1 aromatic carbocycles. The molecule has 0 radical (unpaired) electrons. The topological polar surface area (TPSA) is 120 Å². The van der Waals surface area contributed by atoms with Crippen LogP contribution in [0.15, 0.2) is 30.7 Å². The lowest BCUT2D eigenvalue weighted by Gasteiger charge is -2.54. The SMILES string of the molecule is CCN(CC)S(=O)(=O)N[C@@H]1CC[C@@H](CN2CCC3(CC2)CN(c2ncncc2Oc2ccc(F)cc2C(=O)N(C(C)C)C2CC(F)(F)C2)C3)OC1. The first-order chi connectivity index (χ1) is 24.2. The van der Waals surface area contributed by atoms with Gasteiger partial charge in [-0.1, -0.05) is 13.8 Å². The number of likely N-dealkylation sites (tertiary alicyclic amines) is 1. The summed E-state index contributed by atoms with van der Waals surface area (Å²) < 4.78 is 83.7. The summed E-state index contributed by atoms with van der Waals surface area (Å²) in [6.45, 7) is 12.6. The number of benzene rings is 1. The van der Waals surface area contributed by atoms with E-state index in [0.29, 0.717) is 31.3 Å². The van der Waals surface area contributed by atoms with Crippen LogP contribution in [0.3, 0.4) is 0 Å². The van der Waals surface area contributed by atoms with E-state index >= 15 is 0 Å². The van der Waals surface area contributed by atoms with Crippen molar-refractivity contribution in [3.63, 3.8) is 0 Å². The number of ether oxygens (including phenoxy) is 2. The van der Waals surface area contributed by atoms with Crippen LogP contribution in [-0.4, -0.2) is 121 Å². The Morgan fingerprint density at radius 1 is 1.12 bits per heavy atom. The van der Waals surface area contributed by atoms with Crippen molar-refractivity contribution in [3.05, 3.63) is 42.1 Å². The van der Waals surface area contributed by atoms with E-state index in [1.165, 1.54) is 33.9 Å². The van der Waals surface area contributed by atoms with Crippen LogP contribution in [0.25, 0.3) is 0 Å². The van der Waals surface area contributed by atoms with Crippen LogP contribution in [0.5, 0.6) is 11.5 Å². The zero-order valence-corrected chi connectivity index (χ0v) is 30.7. The molecule has 2 aromatic rings. The number of hydrogen-bond donors (Lipinski definition) is 1. The first-order valence-corrected chi connectivity index (χ1v) is 19.5. The number of carbonyl (C=O) groups is 1. The number of alkyl halides is 2. The summed E-state index contributed by atoms with van der Waals surface area (Å²) in [7, 11) is -3.51. The van der Waals surface area contributed by atoms with Gasteiger partial charge in [0.05, 0.1) is 24.5 Å². The first-order valence-electron chi connectivity index (χ1n) is 18.1. The lowest BCUT2D eigenvalue weighted by Crippen LogP contribution is -2.61. The number of hydrogen-bond acceptors (Lipinski definition) is 9. The Labute approximate surface area is 298 Å². The van der Waals surface area contributed by atoms with Crippen LogP contribution < -0.4 is 14.4 Å². The third kappa shape index (κ3) is 8.45. The molecule has 0 bridgehead atoms. The minimum atomic E-state index is -3.51. The number of anilines is 1. The van der Waals surface area contributed by atoms with Gasteiger partial charge in [-0.3, -0.25) is 4.79 Å².